The smallest absolute Gasteiger partial charge is 0.330 e. The fourth-order valence-electron chi connectivity index (χ4n) is 0.538. The maximum atomic E-state index is 10.5. The van der Waals surface area contributed by atoms with E-state index in [2.05, 4.69) is 22.2 Å². The number of carbonyl (C=O) groups is 1. The van der Waals surface area contributed by atoms with Crippen molar-refractivity contribution in [3.05, 3.63) is 17.5 Å². The van der Waals surface area contributed by atoms with Gasteiger partial charge >= 0.3 is 5.97 Å². The van der Waals surface area contributed by atoms with E-state index in [-0.39, 0.29) is 12.6 Å². The van der Waals surface area contributed by atoms with Crippen LogP contribution in [0.25, 0.3) is 4.85 Å². The molecule has 2 N–H and O–H groups in total. The summed E-state index contributed by atoms with van der Waals surface area (Å²) in [6, 6.07) is 2.83. The highest BCUT2D eigenvalue weighted by molar-refractivity contribution is 5.81. The minimum atomic E-state index is -0.428. The van der Waals surface area contributed by atoms with Crippen LogP contribution in [0.1, 0.15) is 13.3 Å². The first-order chi connectivity index (χ1) is 6.16. The first kappa shape index (κ1) is 11.7. The van der Waals surface area contributed by atoms with Gasteiger partial charge in [0, 0.05) is 12.1 Å². The molecule has 0 aliphatic carbocycles. The van der Waals surface area contributed by atoms with Gasteiger partial charge in [-0.05, 0) is 6.92 Å². The fourth-order valence-corrected chi connectivity index (χ4v) is 0.538. The van der Waals surface area contributed by atoms with E-state index in [0.717, 1.165) is 6.08 Å². The zero-order valence-corrected chi connectivity index (χ0v) is 7.82. The third kappa shape index (κ3) is 8.57. The molecule has 4 nitrogen and oxygen atoms in total. The van der Waals surface area contributed by atoms with Gasteiger partial charge in [-0.1, -0.05) is 11.4 Å². The van der Waals surface area contributed by atoms with Crippen molar-refractivity contribution in [3.63, 3.8) is 0 Å². The van der Waals surface area contributed by atoms with Crippen LogP contribution in [0.4, 0.5) is 0 Å². The zero-order valence-electron chi connectivity index (χ0n) is 7.82. The first-order valence-electron chi connectivity index (χ1n) is 4.11. The van der Waals surface area contributed by atoms with Crippen LogP contribution in [0.15, 0.2) is 12.7 Å². The average molecular weight is 183 g/mol. The highest BCUT2D eigenvalue weighted by Crippen LogP contribution is 1.84. The third-order valence-electron chi connectivity index (χ3n) is 1.14. The van der Waals surface area contributed by atoms with Crippen LogP contribution < -0.4 is 5.73 Å². The van der Waals surface area contributed by atoms with Crippen molar-refractivity contribution < 1.29 is 9.53 Å². The second-order valence-corrected chi connectivity index (χ2v) is 2.59. The molecule has 0 aromatic carbocycles. The van der Waals surface area contributed by atoms with Gasteiger partial charge in [-0.2, -0.15) is 0 Å². The summed E-state index contributed by atoms with van der Waals surface area (Å²) in [7, 11) is 0. The monoisotopic (exact) mass is 183 g/mol. The summed E-state index contributed by atoms with van der Waals surface area (Å²) in [4.78, 5) is 14.4. The van der Waals surface area contributed by atoms with Crippen LogP contribution in [0.5, 0.6) is 0 Å². The predicted molar refractivity (Wildman–Crippen MR) is 51.5 cm³/mol. The summed E-state index contributed by atoms with van der Waals surface area (Å²) in [5.41, 5.74) is 5.46. The summed E-state index contributed by atoms with van der Waals surface area (Å²) < 4.78 is 4.68. The lowest BCUT2D eigenvalue weighted by molar-refractivity contribution is -0.137. The van der Waals surface area contributed by atoms with Gasteiger partial charge in [-0.15, -0.1) is 0 Å². The number of nitrogens with two attached hydrogens (primary N) is 1. The lowest BCUT2D eigenvalue weighted by Crippen LogP contribution is -2.12. The minimum Gasteiger partial charge on any atom is -0.454 e. The number of ether oxygens (including phenoxy) is 1. The Labute approximate surface area is 78.2 Å². The molecule has 0 unspecified atom stereocenters. The minimum absolute atomic E-state index is 0.0690. The Morgan fingerprint density at radius 3 is 3.08 bits per heavy atom. The molecule has 0 aromatic rings. The maximum Gasteiger partial charge on any atom is 0.330 e. The van der Waals surface area contributed by atoms with E-state index >= 15 is 0 Å². The van der Waals surface area contributed by atoms with E-state index in [1.165, 1.54) is 0 Å². The maximum absolute atomic E-state index is 10.5. The molecular weight excluding hydrogens is 168 g/mol. The second-order valence-electron chi connectivity index (χ2n) is 2.59. The van der Waals surface area contributed by atoms with E-state index in [4.69, 9.17) is 5.73 Å². The Morgan fingerprint density at radius 1 is 1.85 bits per heavy atom. The molecule has 13 heavy (non-hydrogen) atoms. The summed E-state index contributed by atoms with van der Waals surface area (Å²) in [5, 5.41) is 0. The SMILES string of the molecule is C=CC(=O)OCC[N+]#CC[C@H](C)N. The Morgan fingerprint density at radius 2 is 2.54 bits per heavy atom. The molecule has 0 aliphatic heterocycles. The van der Waals surface area contributed by atoms with E-state index in [9.17, 15) is 4.79 Å². The molecular formula is C9H15N2O2+. The molecule has 0 fully saturated rings. The topological polar surface area (TPSA) is 56.7 Å². The lowest BCUT2D eigenvalue weighted by Gasteiger charge is -1.91. The number of carbonyl (C=O) groups excluding carboxylic acids is 1. The average Bonchev–Trinajstić information content (AvgIpc) is 2.10. The summed E-state index contributed by atoms with van der Waals surface area (Å²) >= 11 is 0. The lowest BCUT2D eigenvalue weighted by atomic mass is 10.3. The molecule has 0 spiro atoms. The number of esters is 1. The van der Waals surface area contributed by atoms with Gasteiger partial charge in [0.15, 0.2) is 6.61 Å². The standard InChI is InChI=1S/C9H15N2O2/c1-3-9(12)13-7-6-11-5-4-8(2)10/h3,8H,1,4,6-7,10H2,2H3/q+1/t8-/m0/s1. The Hall–Kier alpha value is -1.34. The van der Waals surface area contributed by atoms with Crippen molar-refractivity contribution >= 4 is 5.97 Å². The van der Waals surface area contributed by atoms with Gasteiger partial charge in [0.2, 0.25) is 0 Å². The van der Waals surface area contributed by atoms with Crippen LogP contribution in [-0.2, 0) is 9.53 Å². The van der Waals surface area contributed by atoms with Crippen molar-refractivity contribution in [2.24, 2.45) is 5.73 Å². The van der Waals surface area contributed by atoms with E-state index in [0.29, 0.717) is 13.0 Å². The largest absolute Gasteiger partial charge is 0.454 e. The van der Waals surface area contributed by atoms with E-state index in [1.54, 1.807) is 0 Å². The van der Waals surface area contributed by atoms with Crippen molar-refractivity contribution in [1.82, 2.24) is 0 Å². The summed E-state index contributed by atoms with van der Waals surface area (Å²) in [6.07, 6.45) is 1.74. The van der Waals surface area contributed by atoms with E-state index < -0.39 is 5.97 Å². The number of hydrogen-bond acceptors (Lipinski definition) is 3. The van der Waals surface area contributed by atoms with Crippen LogP contribution in [-0.4, -0.2) is 25.2 Å². The highest BCUT2D eigenvalue weighted by atomic mass is 16.5. The molecule has 4 heteroatoms. The molecule has 0 heterocycles. The molecule has 0 aliphatic rings. The van der Waals surface area contributed by atoms with Crippen molar-refractivity contribution in [2.75, 3.05) is 13.2 Å². The van der Waals surface area contributed by atoms with Crippen LogP contribution in [0, 0.1) is 6.07 Å². The second kappa shape index (κ2) is 7.32. The molecule has 1 atom stereocenters. The molecule has 0 amide bonds. The predicted octanol–water partition coefficient (Wildman–Crippen LogP) is 0.786. The molecule has 0 saturated heterocycles. The van der Waals surface area contributed by atoms with Crippen molar-refractivity contribution in [1.29, 1.82) is 0 Å². The molecule has 0 radical (unpaired) electrons. The fraction of sp³-hybridized carbons (Fsp3) is 0.556. The van der Waals surface area contributed by atoms with Gasteiger partial charge < -0.3 is 10.5 Å². The quantitative estimate of drug-likeness (QED) is 0.398. The Kier molecular flexibility index (Phi) is 6.56. The number of nitrogens with zero attached hydrogens (tertiary/aromatic N) is 1. The summed E-state index contributed by atoms with van der Waals surface area (Å²) in [5.74, 6) is -0.428. The molecule has 0 aromatic heterocycles. The molecule has 72 valence electrons. The van der Waals surface area contributed by atoms with Gasteiger partial charge in [-0.25, -0.2) is 4.79 Å². The van der Waals surface area contributed by atoms with Gasteiger partial charge in [0.05, 0.1) is 6.42 Å². The zero-order chi connectivity index (χ0) is 10.1. The van der Waals surface area contributed by atoms with Gasteiger partial charge in [0.25, 0.3) is 12.6 Å². The first-order valence-corrected chi connectivity index (χ1v) is 4.11. The van der Waals surface area contributed by atoms with E-state index in [1.807, 2.05) is 6.92 Å². The number of rotatable bonds is 4. The van der Waals surface area contributed by atoms with Crippen LogP contribution in [0.2, 0.25) is 0 Å². The van der Waals surface area contributed by atoms with Crippen molar-refractivity contribution in [2.45, 2.75) is 19.4 Å². The van der Waals surface area contributed by atoms with Crippen LogP contribution >= 0.6 is 0 Å². The number of hydrogen-bond donors (Lipinski definition) is 1. The molecule has 0 saturated carbocycles. The molecule has 0 bridgehead atoms. The van der Waals surface area contributed by atoms with Gasteiger partial charge in [0.1, 0.15) is 0 Å². The third-order valence-corrected chi connectivity index (χ3v) is 1.14. The Balaban J connectivity index is 3.37. The van der Waals surface area contributed by atoms with Crippen molar-refractivity contribution in [3.8, 4) is 6.07 Å². The van der Waals surface area contributed by atoms with Crippen LogP contribution in [0.3, 0.4) is 0 Å². The highest BCUT2D eigenvalue weighted by Gasteiger charge is 1.98. The Bertz CT molecular complexity index is 226. The summed E-state index contributed by atoms with van der Waals surface area (Å²) in [6.45, 7) is 5.82. The molecule has 0 rings (SSSR count). The normalized spacial score (nSPS) is 10.9. The van der Waals surface area contributed by atoms with Gasteiger partial charge in [-0.3, -0.25) is 0 Å².